The predicted octanol–water partition coefficient (Wildman–Crippen LogP) is 8.27. The highest BCUT2D eigenvalue weighted by Gasteiger charge is 2.66. The van der Waals surface area contributed by atoms with Crippen LogP contribution in [-0.2, 0) is 19.1 Å². The minimum Gasteiger partial charge on any atom is -0.468 e. The Kier molecular flexibility index (Phi) is 12.6. The normalized spacial score (nSPS) is 39.9. The number of amides is 1. The van der Waals surface area contributed by atoms with Gasteiger partial charge in [-0.25, -0.2) is 0 Å². The Morgan fingerprint density at radius 3 is 2.27 bits per heavy atom. The number of nitrogens with one attached hydrogen (secondary N) is 1. The van der Waals surface area contributed by atoms with E-state index in [2.05, 4.69) is 58.2 Å². The van der Waals surface area contributed by atoms with E-state index in [0.29, 0.717) is 47.3 Å². The third-order valence-corrected chi connectivity index (χ3v) is 14.1. The zero-order chi connectivity index (χ0) is 33.8. The maximum Gasteiger partial charge on any atom is 0.322 e. The second-order valence-electron chi connectivity index (χ2n) is 16.6. The van der Waals surface area contributed by atoms with E-state index in [-0.39, 0.29) is 11.4 Å². The topological polar surface area (TPSA) is 98.5 Å². The molecule has 45 heavy (non-hydrogen) atoms. The van der Waals surface area contributed by atoms with Crippen molar-refractivity contribution in [1.82, 2.24) is 5.32 Å². The van der Waals surface area contributed by atoms with E-state index in [1.165, 1.54) is 64.0 Å². The number of carbonyl (C=O) groups excluding carboxylic acids is 3. The number of hydrogen-bond acceptors (Lipinski definition) is 5. The molecule has 5 saturated carbocycles. The van der Waals surface area contributed by atoms with Gasteiger partial charge in [-0.05, 0) is 136 Å². The molecule has 0 spiro atoms. The Labute approximate surface area is 275 Å². The van der Waals surface area contributed by atoms with Crippen LogP contribution in [0.2, 0.25) is 0 Å². The molecule has 3 N–H and O–H groups in total. The number of hydrogen-bond donors (Lipinski definition) is 2. The van der Waals surface area contributed by atoms with Gasteiger partial charge in [-0.1, -0.05) is 60.6 Å². The summed E-state index contributed by atoms with van der Waals surface area (Å²) in [5.41, 5.74) is 8.22. The van der Waals surface area contributed by atoms with Crippen molar-refractivity contribution in [3.05, 3.63) is 12.2 Å². The molecule has 0 bridgehead atoms. The molecule has 5 aliphatic carbocycles. The maximum atomic E-state index is 12.8. The second-order valence-corrected chi connectivity index (χ2v) is 16.6. The lowest BCUT2D eigenvalue weighted by atomic mass is 9.36. The van der Waals surface area contributed by atoms with E-state index < -0.39 is 6.04 Å². The molecule has 10 atom stereocenters. The lowest BCUT2D eigenvalue weighted by Crippen LogP contribution is -2.62. The summed E-state index contributed by atoms with van der Waals surface area (Å²) in [6.07, 6.45) is 16.0. The number of allylic oxidation sites excluding steroid dienone is 1. The summed E-state index contributed by atoms with van der Waals surface area (Å²) in [5, 5.41) is 2.53. The van der Waals surface area contributed by atoms with Crippen molar-refractivity contribution in [3.8, 4) is 0 Å². The standard InChI is InChI=1S/C29H46O.C8H16N2O3.C2H6/c1-18(2)19-10-14-27(5)15-11-21-20(25(19)27)8-9-23-28(21,6)16-12-22-26(3,4)24(30)13-17-29(22,23)7;1-13-8(12)7(9)4-2-3-5-10-6-11;1-2/h19-23,25H,1,8-17H2,2-7H3;6-7H,2-5,9H2,1H3,(H,10,11);1-2H3. The summed E-state index contributed by atoms with van der Waals surface area (Å²) in [6.45, 7) is 23.9. The molecule has 0 radical (unpaired) electrons. The largest absolute Gasteiger partial charge is 0.468 e. The molecule has 6 nitrogen and oxygen atoms in total. The van der Waals surface area contributed by atoms with Crippen LogP contribution in [-0.4, -0.2) is 37.9 Å². The Bertz CT molecular complexity index is 1060. The summed E-state index contributed by atoms with van der Waals surface area (Å²) in [5.74, 6) is 4.99. The fourth-order valence-electron chi connectivity index (χ4n) is 11.9. The lowest BCUT2D eigenvalue weighted by molar-refractivity contribution is -0.197. The van der Waals surface area contributed by atoms with E-state index in [4.69, 9.17) is 5.73 Å². The summed E-state index contributed by atoms with van der Waals surface area (Å²) >= 11 is 0. The van der Waals surface area contributed by atoms with Crippen LogP contribution in [0.1, 0.15) is 139 Å². The van der Waals surface area contributed by atoms with Gasteiger partial charge in [0.15, 0.2) is 0 Å². The van der Waals surface area contributed by atoms with Crippen molar-refractivity contribution in [2.75, 3.05) is 13.7 Å². The van der Waals surface area contributed by atoms with Crippen molar-refractivity contribution in [1.29, 1.82) is 0 Å². The molecular weight excluding hydrogens is 560 g/mol. The Morgan fingerprint density at radius 1 is 0.978 bits per heavy atom. The first kappa shape index (κ1) is 37.8. The number of methoxy groups -OCH3 is 1. The van der Waals surface area contributed by atoms with Crippen LogP contribution in [0.5, 0.6) is 0 Å². The van der Waals surface area contributed by atoms with Gasteiger partial charge in [-0.2, -0.15) is 0 Å². The molecule has 0 aliphatic heterocycles. The second kappa shape index (κ2) is 15.0. The third kappa shape index (κ3) is 7.11. The number of esters is 1. The van der Waals surface area contributed by atoms with Gasteiger partial charge >= 0.3 is 5.97 Å². The molecule has 258 valence electrons. The minimum atomic E-state index is -0.541. The van der Waals surface area contributed by atoms with Gasteiger partial charge in [0.25, 0.3) is 0 Å². The highest BCUT2D eigenvalue weighted by Crippen LogP contribution is 2.73. The van der Waals surface area contributed by atoms with Crippen LogP contribution in [0.15, 0.2) is 12.2 Å². The molecular formula is C39H68N2O4. The van der Waals surface area contributed by atoms with Crippen molar-refractivity contribution < 1.29 is 19.1 Å². The van der Waals surface area contributed by atoms with Gasteiger partial charge in [0.05, 0.1) is 7.11 Å². The van der Waals surface area contributed by atoms with E-state index in [0.717, 1.165) is 55.3 Å². The number of rotatable bonds is 8. The summed E-state index contributed by atoms with van der Waals surface area (Å²) in [6, 6.07) is -0.541. The van der Waals surface area contributed by atoms with Gasteiger partial charge in [0.2, 0.25) is 6.41 Å². The van der Waals surface area contributed by atoms with Gasteiger partial charge in [-0.3, -0.25) is 14.4 Å². The van der Waals surface area contributed by atoms with Gasteiger partial charge in [-0.15, -0.1) is 0 Å². The zero-order valence-corrected chi connectivity index (χ0v) is 30.4. The quantitative estimate of drug-likeness (QED) is 0.122. The van der Waals surface area contributed by atoms with E-state index in [1.54, 1.807) is 0 Å². The number of Topliss-reactive ketones (excluding diaryl/α,β-unsaturated/α-hetero) is 1. The average molecular weight is 629 g/mol. The zero-order valence-electron chi connectivity index (χ0n) is 30.4. The Morgan fingerprint density at radius 2 is 1.64 bits per heavy atom. The number of ketones is 1. The molecule has 5 fully saturated rings. The number of fused-ring (bicyclic) bond motifs is 7. The molecule has 1 amide bonds. The first-order chi connectivity index (χ1) is 21.2. The molecule has 5 rings (SSSR count). The van der Waals surface area contributed by atoms with Crippen molar-refractivity contribution in [2.45, 2.75) is 145 Å². The Balaban J connectivity index is 0.000000313. The highest BCUT2D eigenvalue weighted by atomic mass is 16.5. The van der Waals surface area contributed by atoms with Crippen molar-refractivity contribution in [2.24, 2.45) is 62.9 Å². The van der Waals surface area contributed by atoms with Crippen LogP contribution < -0.4 is 11.1 Å². The minimum absolute atomic E-state index is 0.118. The van der Waals surface area contributed by atoms with Crippen molar-refractivity contribution in [3.63, 3.8) is 0 Å². The summed E-state index contributed by atoms with van der Waals surface area (Å²) < 4.78 is 4.45. The first-order valence-corrected chi connectivity index (χ1v) is 18.4. The van der Waals surface area contributed by atoms with Crippen LogP contribution in [0.3, 0.4) is 0 Å². The molecule has 10 unspecified atom stereocenters. The molecule has 0 heterocycles. The third-order valence-electron chi connectivity index (χ3n) is 14.1. The lowest BCUT2D eigenvalue weighted by Gasteiger charge is -2.68. The fraction of sp³-hybridized carbons (Fsp3) is 0.872. The highest BCUT2D eigenvalue weighted by molar-refractivity contribution is 5.85. The average Bonchev–Trinajstić information content (AvgIpc) is 3.38. The fourth-order valence-corrected chi connectivity index (χ4v) is 11.9. The van der Waals surface area contributed by atoms with Crippen molar-refractivity contribution >= 4 is 18.2 Å². The number of unbranched alkanes of at least 4 members (excludes halogenated alkanes) is 1. The number of nitrogens with two attached hydrogens (primary N) is 1. The van der Waals surface area contributed by atoms with E-state index in [1.807, 2.05) is 13.8 Å². The smallest absolute Gasteiger partial charge is 0.322 e. The van der Waals surface area contributed by atoms with Gasteiger partial charge in [0, 0.05) is 18.4 Å². The monoisotopic (exact) mass is 629 g/mol. The number of carbonyl (C=O) groups is 3. The van der Waals surface area contributed by atoms with Crippen LogP contribution >= 0.6 is 0 Å². The van der Waals surface area contributed by atoms with Crippen LogP contribution in [0.25, 0.3) is 0 Å². The van der Waals surface area contributed by atoms with Gasteiger partial charge < -0.3 is 15.8 Å². The Hall–Kier alpha value is -1.69. The van der Waals surface area contributed by atoms with E-state index in [9.17, 15) is 14.4 Å². The molecule has 0 aromatic rings. The van der Waals surface area contributed by atoms with Gasteiger partial charge in [0.1, 0.15) is 11.8 Å². The molecule has 0 saturated heterocycles. The predicted molar refractivity (Wildman–Crippen MR) is 184 cm³/mol. The molecule has 0 aromatic carbocycles. The van der Waals surface area contributed by atoms with Crippen LogP contribution in [0.4, 0.5) is 0 Å². The summed E-state index contributed by atoms with van der Waals surface area (Å²) in [7, 11) is 1.32. The SMILES string of the molecule is C=C(C)C1CCC2(C)CCC3C(CCC4C3(C)CCC3C(C)(C)C(=O)CCC34C)C12.CC.COC(=O)C(N)CCCCNC=O. The molecule has 5 aliphatic rings. The maximum absolute atomic E-state index is 12.8. The first-order valence-electron chi connectivity index (χ1n) is 18.4. The molecule has 6 heteroatoms. The van der Waals surface area contributed by atoms with Crippen LogP contribution in [0, 0.1) is 57.2 Å². The molecule has 0 aromatic heterocycles. The van der Waals surface area contributed by atoms with E-state index >= 15 is 0 Å². The number of ether oxygens (including phenoxy) is 1. The summed E-state index contributed by atoms with van der Waals surface area (Å²) in [4.78, 5) is 33.5.